The van der Waals surface area contributed by atoms with E-state index in [0.717, 1.165) is 6.42 Å². The summed E-state index contributed by atoms with van der Waals surface area (Å²) in [5, 5.41) is 0.474. The molecule has 1 aromatic carbocycles. The van der Waals surface area contributed by atoms with Crippen molar-refractivity contribution in [1.82, 2.24) is 0 Å². The van der Waals surface area contributed by atoms with E-state index in [4.69, 9.17) is 13.6 Å². The summed E-state index contributed by atoms with van der Waals surface area (Å²) in [5.41, 5.74) is -0.348. The van der Waals surface area contributed by atoms with Crippen molar-refractivity contribution >= 4 is 28.0 Å². The van der Waals surface area contributed by atoms with Crippen molar-refractivity contribution in [2.45, 2.75) is 46.1 Å². The van der Waals surface area contributed by atoms with E-state index in [1.54, 1.807) is 6.92 Å². The molecule has 1 unspecified atom stereocenters. The van der Waals surface area contributed by atoms with Crippen LogP contribution in [0.15, 0.2) is 30.6 Å². The van der Waals surface area contributed by atoms with Gasteiger partial charge < -0.3 is 13.6 Å². The third-order valence-corrected chi connectivity index (χ3v) is 4.83. The molecular formula is C21H19FO5. The Morgan fingerprint density at radius 3 is 2.59 bits per heavy atom. The van der Waals surface area contributed by atoms with E-state index < -0.39 is 11.4 Å². The molecule has 0 saturated carbocycles. The first-order valence-corrected chi connectivity index (χ1v) is 9.06. The fraction of sp³-hybridized carbons (Fsp3) is 0.333. The quantitative estimate of drug-likeness (QED) is 0.502. The lowest BCUT2D eigenvalue weighted by molar-refractivity contribution is 0.244. The molecule has 1 aliphatic heterocycles. The molecular weight excluding hydrogens is 351 g/mol. The highest BCUT2D eigenvalue weighted by molar-refractivity contribution is 6.10. The van der Waals surface area contributed by atoms with Gasteiger partial charge in [-0.3, -0.25) is 4.79 Å². The molecule has 0 bridgehead atoms. The second-order valence-corrected chi connectivity index (χ2v) is 6.73. The van der Waals surface area contributed by atoms with E-state index in [0.29, 0.717) is 35.3 Å². The van der Waals surface area contributed by atoms with Crippen molar-refractivity contribution in [1.29, 1.82) is 0 Å². The maximum Gasteiger partial charge on any atom is 0.372 e. The van der Waals surface area contributed by atoms with E-state index in [2.05, 4.69) is 0 Å². The van der Waals surface area contributed by atoms with Gasteiger partial charge in [-0.15, -0.1) is 0 Å². The Morgan fingerprint density at radius 2 is 1.89 bits per heavy atom. The third kappa shape index (κ3) is 2.59. The molecule has 140 valence electrons. The molecule has 0 amide bonds. The molecule has 5 nitrogen and oxygen atoms in total. The van der Waals surface area contributed by atoms with Crippen LogP contribution in [0, 0.1) is 12.7 Å². The SMILES string of the molecule is CCCc1c(F)c(=O)oc2c1c1c(c3oc(C)cc(=O)c32)C=CC(CC)O1. The Balaban J connectivity index is 2.31. The minimum Gasteiger partial charge on any atom is -0.485 e. The molecule has 27 heavy (non-hydrogen) atoms. The summed E-state index contributed by atoms with van der Waals surface area (Å²) in [4.78, 5) is 24.8. The van der Waals surface area contributed by atoms with Gasteiger partial charge in [-0.05, 0) is 31.9 Å². The lowest BCUT2D eigenvalue weighted by Crippen LogP contribution is -2.19. The van der Waals surface area contributed by atoms with Gasteiger partial charge in [0.2, 0.25) is 5.82 Å². The molecule has 4 rings (SSSR count). The van der Waals surface area contributed by atoms with E-state index in [9.17, 15) is 14.0 Å². The molecule has 0 saturated heterocycles. The molecule has 6 heteroatoms. The number of hydrogen-bond acceptors (Lipinski definition) is 5. The highest BCUT2D eigenvalue weighted by atomic mass is 19.1. The molecule has 0 fully saturated rings. The van der Waals surface area contributed by atoms with Crippen LogP contribution >= 0.6 is 0 Å². The van der Waals surface area contributed by atoms with Crippen molar-refractivity contribution in [3.63, 3.8) is 0 Å². The summed E-state index contributed by atoms with van der Waals surface area (Å²) in [5.74, 6) is -0.112. The lowest BCUT2D eigenvalue weighted by atomic mass is 9.96. The lowest BCUT2D eigenvalue weighted by Gasteiger charge is -2.23. The van der Waals surface area contributed by atoms with E-state index in [1.807, 2.05) is 26.0 Å². The van der Waals surface area contributed by atoms with Gasteiger partial charge in [0.25, 0.3) is 0 Å². The van der Waals surface area contributed by atoms with Crippen LogP contribution in [0.5, 0.6) is 5.75 Å². The number of halogens is 1. The van der Waals surface area contributed by atoms with Crippen LogP contribution in [0.1, 0.15) is 43.6 Å². The van der Waals surface area contributed by atoms with Crippen LogP contribution in [-0.4, -0.2) is 6.10 Å². The number of benzene rings is 1. The first-order chi connectivity index (χ1) is 13.0. The summed E-state index contributed by atoms with van der Waals surface area (Å²) in [6.45, 7) is 5.53. The molecule has 3 heterocycles. The van der Waals surface area contributed by atoms with Gasteiger partial charge in [0, 0.05) is 11.6 Å². The summed E-state index contributed by atoms with van der Waals surface area (Å²) in [6, 6.07) is 1.33. The second kappa shape index (κ2) is 6.37. The fourth-order valence-corrected chi connectivity index (χ4v) is 3.60. The standard InChI is InChI=1S/C21H19FO5/c1-4-6-12-15-18-13(8-7-11(5-2)26-18)19-16(14(23)9-10(3)25-19)20(15)27-21(24)17(12)22/h7-9,11H,4-6H2,1-3H3. The monoisotopic (exact) mass is 370 g/mol. The summed E-state index contributed by atoms with van der Waals surface area (Å²) < 4.78 is 31.8. The van der Waals surface area contributed by atoms with Crippen molar-refractivity contribution in [2.75, 3.05) is 0 Å². The minimum absolute atomic E-state index is 0.0255. The van der Waals surface area contributed by atoms with Crippen LogP contribution in [0.3, 0.4) is 0 Å². The molecule has 0 aliphatic carbocycles. The number of aryl methyl sites for hydroxylation is 2. The Kier molecular flexibility index (Phi) is 4.13. The number of fused-ring (bicyclic) bond motifs is 6. The zero-order chi connectivity index (χ0) is 19.3. The Labute approximate surface area is 154 Å². The maximum atomic E-state index is 14.7. The smallest absolute Gasteiger partial charge is 0.372 e. The average Bonchev–Trinajstić information content (AvgIpc) is 2.64. The Morgan fingerprint density at radius 1 is 1.11 bits per heavy atom. The van der Waals surface area contributed by atoms with E-state index >= 15 is 0 Å². The largest absolute Gasteiger partial charge is 0.485 e. The first kappa shape index (κ1) is 17.5. The number of ether oxygens (including phenoxy) is 1. The van der Waals surface area contributed by atoms with Gasteiger partial charge in [-0.1, -0.05) is 20.3 Å². The van der Waals surface area contributed by atoms with Gasteiger partial charge in [0.1, 0.15) is 23.0 Å². The maximum absolute atomic E-state index is 14.7. The predicted octanol–water partition coefficient (Wildman–Crippen LogP) is 4.48. The molecule has 3 aromatic rings. The van der Waals surface area contributed by atoms with Gasteiger partial charge >= 0.3 is 5.63 Å². The first-order valence-electron chi connectivity index (χ1n) is 9.06. The zero-order valence-electron chi connectivity index (χ0n) is 15.3. The predicted molar refractivity (Wildman–Crippen MR) is 101 cm³/mol. The van der Waals surface area contributed by atoms with Crippen molar-refractivity contribution in [3.8, 4) is 5.75 Å². The van der Waals surface area contributed by atoms with Gasteiger partial charge in [-0.25, -0.2) is 4.79 Å². The molecule has 1 atom stereocenters. The topological polar surface area (TPSA) is 69.7 Å². The Bertz CT molecular complexity index is 1220. The Hall–Kier alpha value is -2.89. The normalized spacial score (nSPS) is 15.9. The van der Waals surface area contributed by atoms with Crippen LogP contribution in [0.2, 0.25) is 0 Å². The summed E-state index contributed by atoms with van der Waals surface area (Å²) >= 11 is 0. The number of hydrogen-bond donors (Lipinski definition) is 0. The number of rotatable bonds is 3. The van der Waals surface area contributed by atoms with E-state index in [-0.39, 0.29) is 33.6 Å². The third-order valence-electron chi connectivity index (χ3n) is 4.83. The van der Waals surface area contributed by atoms with Crippen molar-refractivity contribution in [2.24, 2.45) is 0 Å². The molecule has 0 radical (unpaired) electrons. The second-order valence-electron chi connectivity index (χ2n) is 6.73. The van der Waals surface area contributed by atoms with Crippen molar-refractivity contribution < 1.29 is 18.0 Å². The molecule has 0 spiro atoms. The van der Waals surface area contributed by atoms with Gasteiger partial charge in [0.15, 0.2) is 16.6 Å². The van der Waals surface area contributed by atoms with Gasteiger partial charge in [-0.2, -0.15) is 4.39 Å². The van der Waals surface area contributed by atoms with Crippen molar-refractivity contribution in [3.05, 3.63) is 55.5 Å². The molecule has 0 N–H and O–H groups in total. The highest BCUT2D eigenvalue weighted by Crippen LogP contribution is 2.42. The highest BCUT2D eigenvalue weighted by Gasteiger charge is 2.28. The average molecular weight is 370 g/mol. The van der Waals surface area contributed by atoms with E-state index in [1.165, 1.54) is 6.07 Å². The molecule has 2 aromatic heterocycles. The summed E-state index contributed by atoms with van der Waals surface area (Å²) in [6.07, 6.45) is 5.18. The van der Waals surface area contributed by atoms with Crippen LogP contribution in [0.25, 0.3) is 28.0 Å². The minimum atomic E-state index is -1.09. The zero-order valence-corrected chi connectivity index (χ0v) is 15.3. The fourth-order valence-electron chi connectivity index (χ4n) is 3.60. The van der Waals surface area contributed by atoms with Crippen LogP contribution in [0.4, 0.5) is 4.39 Å². The van der Waals surface area contributed by atoms with Gasteiger partial charge in [0.05, 0.1) is 10.9 Å². The van der Waals surface area contributed by atoms with Crippen LogP contribution < -0.4 is 15.8 Å². The molecule has 1 aliphatic rings. The summed E-state index contributed by atoms with van der Waals surface area (Å²) in [7, 11) is 0. The van der Waals surface area contributed by atoms with Crippen LogP contribution in [-0.2, 0) is 6.42 Å².